The Morgan fingerprint density at radius 3 is 0.881 bits per heavy atom. The number of hydrogen-bond acceptors (Lipinski definition) is 23. The van der Waals surface area contributed by atoms with E-state index >= 15 is 0 Å². The van der Waals surface area contributed by atoms with E-state index in [2.05, 4.69) is 58.9 Å². The van der Waals surface area contributed by atoms with Gasteiger partial charge in [-0.1, -0.05) is 158 Å². The van der Waals surface area contributed by atoms with Crippen molar-refractivity contribution in [3.8, 4) is 122 Å². The molecule has 18 nitrogen and oxygen atoms in total. The molecule has 1 fully saturated rings. The fraction of sp³-hybridized carbons (Fsp3) is 0.0851. The number of aryl methyl sites for hydroxylation is 1. The topological polar surface area (TPSA) is 232 Å². The summed E-state index contributed by atoms with van der Waals surface area (Å²) in [6, 6.07) is 88.9. The molecule has 0 unspecified atom stereocenters. The number of methoxy groups -OCH3 is 1. The van der Waals surface area contributed by atoms with Crippen molar-refractivity contribution in [2.45, 2.75) is 44.9 Å². The molecule has 20 rings (SSSR count). The van der Waals surface area contributed by atoms with E-state index in [1.807, 2.05) is 227 Å². The molecule has 1 aliphatic carbocycles. The van der Waals surface area contributed by atoms with Crippen LogP contribution in [-0.2, 0) is 0 Å². The second-order valence-corrected chi connectivity index (χ2v) is 31.1. The van der Waals surface area contributed by atoms with Crippen molar-refractivity contribution in [2.75, 3.05) is 7.11 Å². The van der Waals surface area contributed by atoms with Crippen LogP contribution in [0.5, 0.6) is 63.9 Å². The molecule has 24 heteroatoms. The molecule has 0 spiro atoms. The zero-order valence-corrected chi connectivity index (χ0v) is 67.3. The highest BCUT2D eigenvalue weighted by molar-refractivity contribution is 7.18. The monoisotopic (exact) mass is 1640 g/mol. The van der Waals surface area contributed by atoms with E-state index in [-0.39, 0.29) is 5.82 Å². The first-order valence-electron chi connectivity index (χ1n) is 37.4. The summed E-state index contributed by atoms with van der Waals surface area (Å²) in [5.74, 6) is 10.6. The normalized spacial score (nSPS) is 11.6. The average molecular weight is 1640 g/mol. The van der Waals surface area contributed by atoms with E-state index in [1.165, 1.54) is 48.3 Å². The molecule has 0 amide bonds. The largest absolute Gasteiger partial charge is 0.497 e. The van der Waals surface area contributed by atoms with Gasteiger partial charge in [0.15, 0.2) is 23.3 Å². The number of nitriles is 2. The number of fused-ring (bicyclic) bond motifs is 5. The van der Waals surface area contributed by atoms with Crippen LogP contribution in [-0.4, -0.2) is 56.9 Å². The molecule has 0 N–H and O–H groups in total. The lowest BCUT2D eigenvalue weighted by Gasteiger charge is -2.20. The van der Waals surface area contributed by atoms with Crippen molar-refractivity contribution in [3.63, 3.8) is 0 Å². The van der Waals surface area contributed by atoms with Gasteiger partial charge in [-0.2, -0.15) is 35.4 Å². The summed E-state index contributed by atoms with van der Waals surface area (Å²) in [4.78, 5) is 46.4. The van der Waals surface area contributed by atoms with Crippen molar-refractivity contribution < 1.29 is 32.8 Å². The van der Waals surface area contributed by atoms with Gasteiger partial charge in [0.2, 0.25) is 29.4 Å². The predicted molar refractivity (Wildman–Crippen MR) is 468 cm³/mol. The van der Waals surface area contributed by atoms with E-state index in [0.717, 1.165) is 104 Å². The van der Waals surface area contributed by atoms with Crippen LogP contribution in [0, 0.1) is 35.4 Å². The number of nitrogens with zero attached hydrogens (tertiary/aromatic N) is 12. The molecule has 9 aromatic carbocycles. The highest BCUT2D eigenvalue weighted by Crippen LogP contribution is 2.41. The standard InChI is InChI=1S/C19H17N3OS.C19H11N3OS.C19H14N2O2S.C19H14N2OS.C18H11FN2OS/c2*20-12-13-6-8-15(9-7-13)23-19-17-16(10-11-24-17)21-18(22-19)14-4-2-1-3-5-14;1-22-14-7-9-15(10-8-14)23-19-17-16(11-12-24-17)20-18(21-19)13-5-3-2-4-6-13;1-13-7-9-15(10-8-13)22-19-17-16(11-12-23-17)20-18(21-19)14-5-3-2-4-6-14;19-13-6-8-14(9-7-13)22-18-16-15(10-11-23-16)20-17(21-18)12-4-2-1-3-5-12/h6-11,14H,1-5H2;1-11H;2-12H,1H3;2-12H,1H3;1-11H. The zero-order valence-electron chi connectivity index (χ0n) is 63.2. The van der Waals surface area contributed by atoms with Gasteiger partial charge in [0.05, 0.1) is 58.0 Å². The SMILES string of the molecule is COc1ccc(Oc2nc(-c3ccccc3)nc3ccsc23)cc1.Cc1ccc(Oc2nc(-c3ccccc3)nc3ccsc23)cc1.Fc1ccc(Oc2nc(-c3ccccc3)nc3ccsc23)cc1.N#Cc1ccc(Oc2nc(-c3ccccc3)nc3ccsc23)cc1.N#Cc1ccc(Oc2nc(C3CCCCC3)nc3ccsc23)cc1. The fourth-order valence-electron chi connectivity index (χ4n) is 12.5. The highest BCUT2D eigenvalue weighted by atomic mass is 32.1. The molecular weight excluding hydrogens is 1570 g/mol. The number of hydrogen-bond donors (Lipinski definition) is 0. The third-order valence-corrected chi connectivity index (χ3v) is 22.9. The van der Waals surface area contributed by atoms with Crippen LogP contribution in [0.15, 0.2) is 300 Å². The molecule has 576 valence electrons. The maximum absolute atomic E-state index is 13.0. The van der Waals surface area contributed by atoms with Gasteiger partial charge < -0.3 is 28.4 Å². The molecule has 118 heavy (non-hydrogen) atoms. The quantitative estimate of drug-likeness (QED) is 0.0875. The van der Waals surface area contributed by atoms with Gasteiger partial charge >= 0.3 is 0 Å². The summed E-state index contributed by atoms with van der Waals surface area (Å²) in [6.45, 7) is 2.06. The molecule has 19 aromatic rings. The molecule has 0 bridgehead atoms. The minimum Gasteiger partial charge on any atom is -0.497 e. The van der Waals surface area contributed by atoms with E-state index < -0.39 is 0 Å². The van der Waals surface area contributed by atoms with Crippen molar-refractivity contribution in [1.82, 2.24) is 49.8 Å². The number of ether oxygens (including phenoxy) is 6. The van der Waals surface area contributed by atoms with Gasteiger partial charge in [0, 0.05) is 28.2 Å². The minimum absolute atomic E-state index is 0.300. The van der Waals surface area contributed by atoms with Crippen LogP contribution < -0.4 is 28.4 Å². The van der Waals surface area contributed by atoms with Gasteiger partial charge in [0.1, 0.15) is 69.6 Å². The lowest BCUT2D eigenvalue weighted by Crippen LogP contribution is -2.09. The van der Waals surface area contributed by atoms with Crippen molar-refractivity contribution in [2.24, 2.45) is 0 Å². The number of aromatic nitrogens is 10. The molecule has 0 atom stereocenters. The Kier molecular flexibility index (Phi) is 24.7. The molecule has 1 saturated carbocycles. The molecule has 1 aliphatic rings. The highest BCUT2D eigenvalue weighted by Gasteiger charge is 2.23. The van der Waals surface area contributed by atoms with Gasteiger partial charge in [-0.05, 0) is 186 Å². The van der Waals surface area contributed by atoms with Crippen LogP contribution in [0.2, 0.25) is 0 Å². The lowest BCUT2D eigenvalue weighted by atomic mass is 9.89. The number of benzene rings is 9. The number of thiophene rings is 5. The summed E-state index contributed by atoms with van der Waals surface area (Å²) >= 11 is 7.81. The summed E-state index contributed by atoms with van der Waals surface area (Å²) in [5.41, 5.74) is 10.7. The molecule has 0 aliphatic heterocycles. The van der Waals surface area contributed by atoms with Crippen LogP contribution in [0.4, 0.5) is 4.39 Å². The van der Waals surface area contributed by atoms with Gasteiger partial charge in [-0.15, -0.1) is 56.7 Å². The lowest BCUT2D eigenvalue weighted by molar-refractivity contribution is 0.412. The first-order valence-corrected chi connectivity index (χ1v) is 41.8. The minimum atomic E-state index is -0.300. The summed E-state index contributed by atoms with van der Waals surface area (Å²) in [7, 11) is 1.64. The second-order valence-electron chi connectivity index (χ2n) is 26.5. The first kappa shape index (κ1) is 77.8. The molecule has 0 radical (unpaired) electrons. The third-order valence-electron chi connectivity index (χ3n) is 18.4. The fourth-order valence-corrected chi connectivity index (χ4v) is 16.2. The Morgan fingerprint density at radius 1 is 0.305 bits per heavy atom. The zero-order chi connectivity index (χ0) is 80.4. The van der Waals surface area contributed by atoms with E-state index in [0.29, 0.717) is 92.7 Å². The van der Waals surface area contributed by atoms with Gasteiger partial charge in [0.25, 0.3) is 0 Å². The maximum Gasteiger partial charge on any atom is 0.240 e. The Morgan fingerprint density at radius 2 is 0.576 bits per heavy atom. The van der Waals surface area contributed by atoms with E-state index in [4.69, 9.17) is 48.9 Å². The Balaban J connectivity index is 0.000000110. The van der Waals surface area contributed by atoms with E-state index in [1.54, 1.807) is 113 Å². The van der Waals surface area contributed by atoms with Crippen LogP contribution in [0.25, 0.3) is 96.6 Å². The molecule has 0 saturated heterocycles. The molecule has 10 heterocycles. The Hall–Kier alpha value is -14.1. The first-order chi connectivity index (χ1) is 58.1. The Bertz CT molecular complexity index is 6510. The number of rotatable bonds is 16. The van der Waals surface area contributed by atoms with Crippen molar-refractivity contribution in [3.05, 3.63) is 328 Å². The summed E-state index contributed by atoms with van der Waals surface area (Å²) in [5, 5.41) is 27.7. The van der Waals surface area contributed by atoms with E-state index in [9.17, 15) is 4.39 Å². The molecule has 10 aromatic heterocycles. The smallest absolute Gasteiger partial charge is 0.240 e. The van der Waals surface area contributed by atoms with Crippen LogP contribution in [0.3, 0.4) is 0 Å². The average Bonchev–Trinajstić information content (AvgIpc) is 1.61. The predicted octanol–water partition coefficient (Wildman–Crippen LogP) is 26.3. The van der Waals surface area contributed by atoms with Crippen molar-refractivity contribution in [1.29, 1.82) is 10.5 Å². The molecular formula is C94H67FN12O6S5. The van der Waals surface area contributed by atoms with Crippen LogP contribution >= 0.6 is 56.7 Å². The summed E-state index contributed by atoms with van der Waals surface area (Å²) in [6.07, 6.45) is 6.13. The van der Waals surface area contributed by atoms with Gasteiger partial charge in [-0.3, -0.25) is 0 Å². The number of halogens is 1. The summed E-state index contributed by atoms with van der Waals surface area (Å²) < 4.78 is 52.7. The van der Waals surface area contributed by atoms with Crippen LogP contribution in [0.1, 0.15) is 60.5 Å². The van der Waals surface area contributed by atoms with Gasteiger partial charge in [-0.25, -0.2) is 29.3 Å². The third kappa shape index (κ3) is 19.3. The maximum atomic E-state index is 13.0. The second kappa shape index (κ2) is 37.4. The van der Waals surface area contributed by atoms with Crippen molar-refractivity contribution >= 4 is 108 Å². The Labute approximate surface area is 697 Å².